The third kappa shape index (κ3) is 9.81. The van der Waals surface area contributed by atoms with E-state index in [-0.39, 0.29) is 19.8 Å². The first kappa shape index (κ1) is 40.2. The number of carbonyl (C=O) groups excluding carboxylic acids is 1. The van der Waals surface area contributed by atoms with E-state index >= 15 is 0 Å². The van der Waals surface area contributed by atoms with Crippen LogP contribution in [0.5, 0.6) is 0 Å². The Morgan fingerprint density at radius 3 is 1.44 bits per heavy atom. The molecule has 0 aromatic rings. The molecule has 2 aliphatic heterocycles. The van der Waals surface area contributed by atoms with Crippen molar-refractivity contribution in [1.29, 1.82) is 0 Å². The molecule has 2 saturated heterocycles. The van der Waals surface area contributed by atoms with Gasteiger partial charge in [0.15, 0.2) is 18.9 Å². The predicted molar refractivity (Wildman–Crippen MR) is 155 cm³/mol. The molecule has 2 rings (SSSR count). The zero-order chi connectivity index (χ0) is 33.5. The molecule has 266 valence electrons. The monoisotopic (exact) mass is 658 g/mol. The van der Waals surface area contributed by atoms with Crippen LogP contribution < -0.4 is 0 Å². The summed E-state index contributed by atoms with van der Waals surface area (Å²) in [4.78, 5) is 12.6. The summed E-state index contributed by atoms with van der Waals surface area (Å²) in [6, 6.07) is 0. The van der Waals surface area contributed by atoms with Gasteiger partial charge in [0.05, 0.1) is 19.8 Å². The highest BCUT2D eigenvalue weighted by Crippen LogP contribution is 2.35. The van der Waals surface area contributed by atoms with E-state index in [1.165, 1.54) is 56.9 Å². The summed E-state index contributed by atoms with van der Waals surface area (Å²) >= 11 is 0. The Bertz CT molecular complexity index is 793. The standard InChI is InChI=1S/C29H54O16/c1-31-13-17(34-4)21(36-6)20(35-5)16(12-30)42-29-27(25(40-10)23(38-8)19(44-29)15-33-3)45-28-26(41-11)24(39-9)22(37-7)18(43-28)14-32-2/h12,16-29H,13-15H2,1-11H3. The van der Waals surface area contributed by atoms with Crippen LogP contribution in [-0.2, 0) is 75.8 Å². The Kier molecular flexibility index (Phi) is 18.9. The molecular formula is C29H54O16. The fraction of sp³-hybridized carbons (Fsp3) is 0.966. The van der Waals surface area contributed by atoms with Gasteiger partial charge < -0.3 is 75.8 Å². The molecule has 16 nitrogen and oxygen atoms in total. The van der Waals surface area contributed by atoms with Gasteiger partial charge in [-0.3, -0.25) is 0 Å². The molecule has 14 atom stereocenters. The van der Waals surface area contributed by atoms with Crippen LogP contribution in [0.2, 0.25) is 0 Å². The maximum atomic E-state index is 12.6. The van der Waals surface area contributed by atoms with E-state index in [9.17, 15) is 4.79 Å². The number of hydrogen-bond donors (Lipinski definition) is 0. The number of methoxy groups -OCH3 is 11. The first-order valence-corrected chi connectivity index (χ1v) is 14.6. The Morgan fingerprint density at radius 2 is 1.04 bits per heavy atom. The highest BCUT2D eigenvalue weighted by Gasteiger charge is 2.54. The zero-order valence-corrected chi connectivity index (χ0v) is 28.3. The number of hydrogen-bond acceptors (Lipinski definition) is 16. The van der Waals surface area contributed by atoms with Gasteiger partial charge in [-0.2, -0.15) is 0 Å². The molecule has 0 radical (unpaired) electrons. The van der Waals surface area contributed by atoms with Crippen LogP contribution in [0.25, 0.3) is 0 Å². The molecule has 16 heteroatoms. The average Bonchev–Trinajstić information content (AvgIpc) is 3.05. The summed E-state index contributed by atoms with van der Waals surface area (Å²) in [6.45, 7) is 0.484. The number of carbonyl (C=O) groups is 1. The maximum absolute atomic E-state index is 12.6. The lowest BCUT2D eigenvalue weighted by Crippen LogP contribution is -2.66. The van der Waals surface area contributed by atoms with Gasteiger partial charge in [-0.05, 0) is 0 Å². The quantitative estimate of drug-likeness (QED) is 0.137. The van der Waals surface area contributed by atoms with E-state index in [0.29, 0.717) is 6.29 Å². The second-order valence-electron chi connectivity index (χ2n) is 10.5. The number of ether oxygens (including phenoxy) is 15. The van der Waals surface area contributed by atoms with E-state index < -0.39 is 85.8 Å². The lowest BCUT2D eigenvalue weighted by Gasteiger charge is -2.49. The summed E-state index contributed by atoms with van der Waals surface area (Å²) in [6.07, 6.45) is -10.8. The smallest absolute Gasteiger partial charge is 0.188 e. The van der Waals surface area contributed by atoms with E-state index in [4.69, 9.17) is 71.1 Å². The van der Waals surface area contributed by atoms with Gasteiger partial charge in [0, 0.05) is 78.2 Å². The van der Waals surface area contributed by atoms with Crippen molar-refractivity contribution in [3.8, 4) is 0 Å². The van der Waals surface area contributed by atoms with E-state index in [0.717, 1.165) is 0 Å². The predicted octanol–water partition coefficient (Wildman–Crippen LogP) is -0.535. The molecule has 45 heavy (non-hydrogen) atoms. The minimum atomic E-state index is -1.22. The summed E-state index contributed by atoms with van der Waals surface area (Å²) in [7, 11) is 16.7. The van der Waals surface area contributed by atoms with Crippen molar-refractivity contribution in [3.05, 3.63) is 0 Å². The highest BCUT2D eigenvalue weighted by molar-refractivity contribution is 5.57. The summed E-state index contributed by atoms with van der Waals surface area (Å²) in [5, 5.41) is 0. The molecule has 0 aliphatic carbocycles. The van der Waals surface area contributed by atoms with Crippen LogP contribution >= 0.6 is 0 Å². The van der Waals surface area contributed by atoms with Crippen molar-refractivity contribution in [2.45, 2.75) is 85.8 Å². The minimum absolute atomic E-state index is 0.127. The van der Waals surface area contributed by atoms with Gasteiger partial charge in [-0.15, -0.1) is 0 Å². The molecule has 2 fully saturated rings. The molecule has 14 unspecified atom stereocenters. The van der Waals surface area contributed by atoms with Crippen LogP contribution in [0.1, 0.15) is 0 Å². The Morgan fingerprint density at radius 1 is 0.556 bits per heavy atom. The molecule has 2 heterocycles. The van der Waals surface area contributed by atoms with Crippen molar-refractivity contribution in [2.75, 3.05) is 98.0 Å². The number of aldehydes is 1. The normalized spacial score (nSPS) is 35.1. The third-order valence-electron chi connectivity index (χ3n) is 8.11. The van der Waals surface area contributed by atoms with Crippen LogP contribution in [0, 0.1) is 0 Å². The van der Waals surface area contributed by atoms with Gasteiger partial charge in [-0.1, -0.05) is 0 Å². The zero-order valence-electron chi connectivity index (χ0n) is 28.3. The topological polar surface area (TPSA) is 156 Å². The molecule has 0 aromatic heterocycles. The van der Waals surface area contributed by atoms with Crippen molar-refractivity contribution < 1.29 is 75.8 Å². The second-order valence-corrected chi connectivity index (χ2v) is 10.5. The molecule has 0 amide bonds. The minimum Gasteiger partial charge on any atom is -0.382 e. The largest absolute Gasteiger partial charge is 0.382 e. The third-order valence-corrected chi connectivity index (χ3v) is 8.11. The van der Waals surface area contributed by atoms with Crippen LogP contribution in [0.4, 0.5) is 0 Å². The van der Waals surface area contributed by atoms with Gasteiger partial charge in [0.25, 0.3) is 0 Å². The van der Waals surface area contributed by atoms with Crippen molar-refractivity contribution in [3.63, 3.8) is 0 Å². The number of rotatable bonds is 22. The second kappa shape index (κ2) is 21.1. The fourth-order valence-electron chi connectivity index (χ4n) is 5.98. The summed E-state index contributed by atoms with van der Waals surface area (Å²) in [5.74, 6) is 0. The van der Waals surface area contributed by atoms with E-state index in [1.807, 2.05) is 0 Å². The van der Waals surface area contributed by atoms with Gasteiger partial charge in [-0.25, -0.2) is 0 Å². The summed E-state index contributed by atoms with van der Waals surface area (Å²) < 4.78 is 87.7. The first-order valence-electron chi connectivity index (χ1n) is 14.6. The van der Waals surface area contributed by atoms with Crippen molar-refractivity contribution in [1.82, 2.24) is 0 Å². The molecule has 0 N–H and O–H groups in total. The maximum Gasteiger partial charge on any atom is 0.188 e. The highest BCUT2D eigenvalue weighted by atomic mass is 16.8. The Balaban J connectivity index is 2.54. The molecule has 0 aromatic carbocycles. The SMILES string of the molecule is COCC(OC)C(OC)C(OC)C(C=O)OC1OC(COC)C(OC)C(OC)C1OC1OC(COC)C(OC)C(OC)C1OC. The Labute approximate surface area is 266 Å². The molecule has 0 spiro atoms. The Hall–Kier alpha value is -0.930. The molecule has 2 aliphatic rings. The van der Waals surface area contributed by atoms with Crippen molar-refractivity contribution in [2.24, 2.45) is 0 Å². The average molecular weight is 659 g/mol. The molecular weight excluding hydrogens is 604 g/mol. The van der Waals surface area contributed by atoms with Crippen LogP contribution in [-0.4, -0.2) is 190 Å². The fourth-order valence-corrected chi connectivity index (χ4v) is 5.98. The van der Waals surface area contributed by atoms with E-state index in [2.05, 4.69) is 0 Å². The van der Waals surface area contributed by atoms with Gasteiger partial charge in [0.2, 0.25) is 0 Å². The summed E-state index contributed by atoms with van der Waals surface area (Å²) in [5.41, 5.74) is 0. The van der Waals surface area contributed by atoms with Crippen molar-refractivity contribution >= 4 is 6.29 Å². The van der Waals surface area contributed by atoms with Crippen LogP contribution in [0.15, 0.2) is 0 Å². The van der Waals surface area contributed by atoms with Gasteiger partial charge >= 0.3 is 0 Å². The lowest BCUT2D eigenvalue weighted by molar-refractivity contribution is -0.379. The first-order chi connectivity index (χ1) is 21.8. The van der Waals surface area contributed by atoms with Gasteiger partial charge in [0.1, 0.15) is 73.2 Å². The van der Waals surface area contributed by atoms with E-state index in [1.54, 1.807) is 21.3 Å². The molecule has 0 saturated carbocycles. The molecule has 0 bridgehead atoms. The lowest BCUT2D eigenvalue weighted by atomic mass is 9.96. The van der Waals surface area contributed by atoms with Crippen LogP contribution in [0.3, 0.4) is 0 Å².